The number of hydrogen-bond acceptors (Lipinski definition) is 2. The van der Waals surface area contributed by atoms with E-state index in [0.717, 1.165) is 26.2 Å². The first-order valence-electron chi connectivity index (χ1n) is 10.4. The predicted octanol–water partition coefficient (Wildman–Crippen LogP) is 3.80. The fraction of sp³-hybridized carbons (Fsp3) is 0.280. The van der Waals surface area contributed by atoms with E-state index in [0.29, 0.717) is 0 Å². The van der Waals surface area contributed by atoms with Gasteiger partial charge in [0, 0.05) is 26.2 Å². The molecule has 0 aromatic heterocycles. The molecule has 1 N–H and O–H groups in total. The van der Waals surface area contributed by atoms with Crippen LogP contribution in [0.2, 0.25) is 0 Å². The molecule has 0 unspecified atom stereocenters. The molecule has 1 aliphatic rings. The first-order valence-corrected chi connectivity index (χ1v) is 12.4. The van der Waals surface area contributed by atoms with Crippen LogP contribution in [0.5, 0.6) is 0 Å². The molecule has 0 atom stereocenters. The number of piperazine rings is 1. The summed E-state index contributed by atoms with van der Waals surface area (Å²) in [5, 5.41) is 8.02. The lowest BCUT2D eigenvalue weighted by Crippen LogP contribution is -2.46. The summed E-state index contributed by atoms with van der Waals surface area (Å²) in [5.41, 5.74) is 1.43. The third kappa shape index (κ3) is 3.60. The van der Waals surface area contributed by atoms with Crippen LogP contribution in [0, 0.1) is 0 Å². The highest BCUT2D eigenvalue weighted by Crippen LogP contribution is 2.57. The number of hydrogen-bond donors (Lipinski definition) is 1. The van der Waals surface area contributed by atoms with Gasteiger partial charge in [-0.25, -0.2) is 0 Å². The number of para-hydroxylation sites is 1. The molecular formula is C25H30N2P+. The summed E-state index contributed by atoms with van der Waals surface area (Å²) in [6, 6.07) is 31.7. The lowest BCUT2D eigenvalue weighted by atomic mass is 10.2. The monoisotopic (exact) mass is 389 g/mol. The van der Waals surface area contributed by atoms with Crippen molar-refractivity contribution >= 4 is 28.9 Å². The van der Waals surface area contributed by atoms with Crippen LogP contribution in [0.3, 0.4) is 0 Å². The Morgan fingerprint density at radius 2 is 1.29 bits per heavy atom. The second kappa shape index (κ2) is 8.90. The highest BCUT2D eigenvalue weighted by molar-refractivity contribution is 7.96. The normalized spacial score (nSPS) is 14.8. The van der Waals surface area contributed by atoms with Crippen LogP contribution >= 0.6 is 7.26 Å². The van der Waals surface area contributed by atoms with E-state index in [2.05, 4.69) is 102 Å². The van der Waals surface area contributed by atoms with E-state index in [-0.39, 0.29) is 0 Å². The second-order valence-corrected chi connectivity index (χ2v) is 11.0. The van der Waals surface area contributed by atoms with Gasteiger partial charge >= 0.3 is 0 Å². The van der Waals surface area contributed by atoms with Crippen molar-refractivity contribution in [1.82, 2.24) is 5.32 Å². The Bertz CT molecular complexity index is 834. The quantitative estimate of drug-likeness (QED) is 0.645. The topological polar surface area (TPSA) is 15.3 Å². The van der Waals surface area contributed by atoms with Crippen LogP contribution in [0.4, 0.5) is 5.69 Å². The van der Waals surface area contributed by atoms with Gasteiger partial charge in [0.25, 0.3) is 0 Å². The van der Waals surface area contributed by atoms with Crippen molar-refractivity contribution in [2.75, 3.05) is 37.2 Å². The molecule has 1 aliphatic heterocycles. The average molecular weight is 390 g/mol. The van der Waals surface area contributed by atoms with Crippen LogP contribution < -0.4 is 26.1 Å². The Balaban J connectivity index is 1.97. The van der Waals surface area contributed by atoms with Gasteiger partial charge < -0.3 is 10.2 Å². The Kier molecular flexibility index (Phi) is 6.10. The molecule has 0 aliphatic carbocycles. The molecule has 3 heteroatoms. The van der Waals surface area contributed by atoms with Crippen molar-refractivity contribution in [2.45, 2.75) is 13.3 Å². The Hall–Kier alpha value is -2.15. The lowest BCUT2D eigenvalue weighted by Gasteiger charge is -2.35. The predicted molar refractivity (Wildman–Crippen MR) is 125 cm³/mol. The molecule has 0 amide bonds. The average Bonchev–Trinajstić information content (AvgIpc) is 2.79. The summed E-state index contributed by atoms with van der Waals surface area (Å²) in [7, 11) is -1.72. The maximum atomic E-state index is 3.50. The third-order valence-corrected chi connectivity index (χ3v) is 10.4. The summed E-state index contributed by atoms with van der Waals surface area (Å²) >= 11 is 0. The summed E-state index contributed by atoms with van der Waals surface area (Å²) in [4.78, 5) is 2.59. The fourth-order valence-corrected chi connectivity index (χ4v) is 9.06. The molecule has 28 heavy (non-hydrogen) atoms. The van der Waals surface area contributed by atoms with Crippen molar-refractivity contribution in [3.05, 3.63) is 84.9 Å². The van der Waals surface area contributed by atoms with E-state index in [1.165, 1.54) is 34.2 Å². The van der Waals surface area contributed by atoms with E-state index in [1.807, 2.05) is 0 Å². The maximum absolute atomic E-state index is 3.50. The largest absolute Gasteiger partial charge is 0.366 e. The van der Waals surface area contributed by atoms with Gasteiger partial charge in [0.2, 0.25) is 0 Å². The molecule has 0 spiro atoms. The van der Waals surface area contributed by atoms with Gasteiger partial charge in [-0.1, -0.05) is 55.5 Å². The SMILES string of the molecule is CCC[P+](c1ccccc1)(c1ccccc1)c1ccccc1N1CCNCC1. The van der Waals surface area contributed by atoms with Gasteiger partial charge in [0.05, 0.1) is 11.8 Å². The molecule has 2 nitrogen and oxygen atoms in total. The van der Waals surface area contributed by atoms with Crippen LogP contribution in [0.15, 0.2) is 84.9 Å². The number of benzene rings is 3. The first-order chi connectivity index (χ1) is 13.9. The van der Waals surface area contributed by atoms with Gasteiger partial charge in [0.1, 0.15) is 23.2 Å². The van der Waals surface area contributed by atoms with Crippen molar-refractivity contribution in [1.29, 1.82) is 0 Å². The molecule has 0 saturated carbocycles. The highest BCUT2D eigenvalue weighted by atomic mass is 31.2. The molecule has 1 fully saturated rings. The molecule has 144 valence electrons. The molecular weight excluding hydrogens is 359 g/mol. The Morgan fingerprint density at radius 3 is 1.86 bits per heavy atom. The van der Waals surface area contributed by atoms with E-state index in [1.54, 1.807) is 0 Å². The standard InChI is InChI=1S/C25H30N2P/c1-2-21-28(22-11-5-3-6-12-22,23-13-7-4-8-14-23)25-16-10-9-15-24(25)27-19-17-26-18-20-27/h3-16,26H,2,17-21H2,1H3/q+1. The molecule has 1 saturated heterocycles. The summed E-state index contributed by atoms with van der Waals surface area (Å²) in [5.74, 6) is 0. The van der Waals surface area contributed by atoms with Crippen LogP contribution in [0.1, 0.15) is 13.3 Å². The van der Waals surface area contributed by atoms with E-state index >= 15 is 0 Å². The number of rotatable bonds is 6. The van der Waals surface area contributed by atoms with Crippen molar-refractivity contribution < 1.29 is 0 Å². The summed E-state index contributed by atoms with van der Waals surface area (Å²) < 4.78 is 0. The number of nitrogens with one attached hydrogen (secondary N) is 1. The molecule has 0 bridgehead atoms. The fourth-order valence-electron chi connectivity index (χ4n) is 4.47. The minimum Gasteiger partial charge on any atom is -0.366 e. The third-order valence-electron chi connectivity index (χ3n) is 5.70. The van der Waals surface area contributed by atoms with E-state index < -0.39 is 7.26 Å². The maximum Gasteiger partial charge on any atom is 0.128 e. The van der Waals surface area contributed by atoms with Crippen molar-refractivity contribution in [2.24, 2.45) is 0 Å². The van der Waals surface area contributed by atoms with E-state index in [9.17, 15) is 0 Å². The van der Waals surface area contributed by atoms with Crippen molar-refractivity contribution in [3.8, 4) is 0 Å². The zero-order valence-electron chi connectivity index (χ0n) is 16.7. The molecule has 1 heterocycles. The van der Waals surface area contributed by atoms with Crippen LogP contribution in [0.25, 0.3) is 0 Å². The Labute approximate surface area is 169 Å². The smallest absolute Gasteiger partial charge is 0.128 e. The minimum atomic E-state index is -1.72. The van der Waals surface area contributed by atoms with Gasteiger partial charge in [-0.3, -0.25) is 0 Å². The van der Waals surface area contributed by atoms with Gasteiger partial charge in [-0.05, 0) is 42.8 Å². The molecule has 3 aromatic carbocycles. The highest BCUT2D eigenvalue weighted by Gasteiger charge is 2.46. The Morgan fingerprint density at radius 1 is 0.750 bits per heavy atom. The molecule has 4 rings (SSSR count). The number of anilines is 1. The van der Waals surface area contributed by atoms with Crippen LogP contribution in [-0.2, 0) is 0 Å². The minimum absolute atomic E-state index is 1.06. The lowest BCUT2D eigenvalue weighted by molar-refractivity contribution is 0.590. The van der Waals surface area contributed by atoms with Crippen LogP contribution in [-0.4, -0.2) is 32.3 Å². The van der Waals surface area contributed by atoms with Crippen molar-refractivity contribution in [3.63, 3.8) is 0 Å². The zero-order valence-corrected chi connectivity index (χ0v) is 17.6. The number of nitrogens with zero attached hydrogens (tertiary/aromatic N) is 1. The summed E-state index contributed by atoms with van der Waals surface area (Å²) in [6.07, 6.45) is 2.37. The first kappa shape index (κ1) is 19.2. The van der Waals surface area contributed by atoms with Gasteiger partial charge in [0.15, 0.2) is 0 Å². The molecule has 0 radical (unpaired) electrons. The van der Waals surface area contributed by atoms with Gasteiger partial charge in [-0.15, -0.1) is 0 Å². The summed E-state index contributed by atoms with van der Waals surface area (Å²) in [6.45, 7) is 6.60. The molecule has 3 aromatic rings. The van der Waals surface area contributed by atoms with Gasteiger partial charge in [-0.2, -0.15) is 0 Å². The zero-order chi connectivity index (χ0) is 19.2. The van der Waals surface area contributed by atoms with E-state index in [4.69, 9.17) is 0 Å². The second-order valence-electron chi connectivity index (χ2n) is 7.43.